The predicted molar refractivity (Wildman–Crippen MR) is 70.3 cm³/mol. The van der Waals surface area contributed by atoms with Crippen molar-refractivity contribution in [2.45, 2.75) is 65.5 Å². The van der Waals surface area contributed by atoms with E-state index in [9.17, 15) is 9.90 Å². The number of hydrogen-bond acceptors (Lipinski definition) is 4. The van der Waals surface area contributed by atoms with E-state index in [-0.39, 0.29) is 18.2 Å². The molecule has 1 aliphatic rings. The molecular formula is C13H26N2O3. The molecule has 1 amide bonds. The van der Waals surface area contributed by atoms with Crippen LogP contribution in [0.3, 0.4) is 0 Å². The summed E-state index contributed by atoms with van der Waals surface area (Å²) in [7, 11) is 0. The molecule has 0 aromatic rings. The summed E-state index contributed by atoms with van der Waals surface area (Å²) in [5.41, 5.74) is -0.467. The van der Waals surface area contributed by atoms with E-state index in [1.165, 1.54) is 0 Å². The second-order valence-corrected chi connectivity index (χ2v) is 6.16. The molecule has 106 valence electrons. The van der Waals surface area contributed by atoms with Crippen LogP contribution in [0, 0.1) is 0 Å². The van der Waals surface area contributed by atoms with Crippen molar-refractivity contribution < 1.29 is 14.6 Å². The van der Waals surface area contributed by atoms with Gasteiger partial charge in [0.15, 0.2) is 0 Å². The molecule has 0 aromatic heterocycles. The van der Waals surface area contributed by atoms with E-state index < -0.39 is 11.8 Å². The Labute approximate surface area is 110 Å². The number of ether oxygens (including phenoxy) is 1. The minimum Gasteiger partial charge on any atom is -0.444 e. The zero-order valence-corrected chi connectivity index (χ0v) is 12.3. The Hall–Kier alpha value is -0.810. The molecule has 1 heterocycles. The van der Waals surface area contributed by atoms with Crippen molar-refractivity contribution in [3.63, 3.8) is 0 Å². The molecule has 5 nitrogen and oxygen atoms in total. The van der Waals surface area contributed by atoms with E-state index in [4.69, 9.17) is 4.74 Å². The number of carbonyl (C=O) groups is 1. The van der Waals surface area contributed by atoms with Gasteiger partial charge < -0.3 is 14.7 Å². The highest BCUT2D eigenvalue weighted by atomic mass is 16.6. The Bertz CT molecular complexity index is 287. The van der Waals surface area contributed by atoms with Gasteiger partial charge in [0.2, 0.25) is 0 Å². The van der Waals surface area contributed by atoms with Crippen LogP contribution in [0.4, 0.5) is 4.79 Å². The van der Waals surface area contributed by atoms with Crippen molar-refractivity contribution in [2.24, 2.45) is 0 Å². The van der Waals surface area contributed by atoms with E-state index in [0.29, 0.717) is 13.1 Å². The normalized spacial score (nSPS) is 28.1. The van der Waals surface area contributed by atoms with Crippen molar-refractivity contribution in [1.29, 1.82) is 0 Å². The fraction of sp³-hybridized carbons (Fsp3) is 0.923. The molecule has 1 rings (SSSR count). The Balaban J connectivity index is 2.65. The third-order valence-corrected chi connectivity index (χ3v) is 3.07. The molecule has 3 atom stereocenters. The zero-order valence-electron chi connectivity index (χ0n) is 12.3. The SMILES string of the molecule is CC(O)N1[C@@H](C)CN(C(=O)OC(C)(C)C)C[C@@H]1C. The Morgan fingerprint density at radius 1 is 1.28 bits per heavy atom. The number of nitrogens with zero attached hydrogens (tertiary/aromatic N) is 2. The number of aliphatic hydroxyl groups is 1. The zero-order chi connectivity index (χ0) is 14.1. The highest BCUT2D eigenvalue weighted by molar-refractivity contribution is 5.68. The fourth-order valence-electron chi connectivity index (χ4n) is 2.55. The van der Waals surface area contributed by atoms with Gasteiger partial charge in [0.25, 0.3) is 0 Å². The van der Waals surface area contributed by atoms with Crippen LogP contribution in [-0.2, 0) is 4.74 Å². The van der Waals surface area contributed by atoms with E-state index in [0.717, 1.165) is 0 Å². The van der Waals surface area contributed by atoms with Gasteiger partial charge in [-0.1, -0.05) is 0 Å². The lowest BCUT2D eigenvalue weighted by Gasteiger charge is -2.45. The monoisotopic (exact) mass is 258 g/mol. The third kappa shape index (κ3) is 3.85. The van der Waals surface area contributed by atoms with Gasteiger partial charge in [-0.2, -0.15) is 0 Å². The number of amides is 1. The van der Waals surface area contributed by atoms with Crippen LogP contribution in [0.15, 0.2) is 0 Å². The van der Waals surface area contributed by atoms with Gasteiger partial charge >= 0.3 is 6.09 Å². The number of rotatable bonds is 1. The first-order chi connectivity index (χ1) is 8.11. The molecular weight excluding hydrogens is 232 g/mol. The lowest BCUT2D eigenvalue weighted by atomic mass is 10.1. The third-order valence-electron chi connectivity index (χ3n) is 3.07. The molecule has 0 saturated carbocycles. The summed E-state index contributed by atoms with van der Waals surface area (Å²) in [6, 6.07) is 0.252. The molecule has 18 heavy (non-hydrogen) atoms. The molecule has 1 aliphatic heterocycles. The average molecular weight is 258 g/mol. The van der Waals surface area contributed by atoms with Crippen molar-refractivity contribution in [3.05, 3.63) is 0 Å². The second-order valence-electron chi connectivity index (χ2n) is 6.16. The number of carbonyl (C=O) groups excluding carboxylic acids is 1. The Kier molecular flexibility index (Phi) is 4.61. The summed E-state index contributed by atoms with van der Waals surface area (Å²) in [5.74, 6) is 0. The van der Waals surface area contributed by atoms with Gasteiger partial charge in [-0.15, -0.1) is 0 Å². The quantitative estimate of drug-likeness (QED) is 0.777. The molecule has 1 unspecified atom stereocenters. The van der Waals surface area contributed by atoms with Crippen LogP contribution in [0.5, 0.6) is 0 Å². The number of piperazine rings is 1. The van der Waals surface area contributed by atoms with Crippen molar-refractivity contribution in [1.82, 2.24) is 9.80 Å². The topological polar surface area (TPSA) is 53.0 Å². The predicted octanol–water partition coefficient (Wildman–Crippen LogP) is 1.65. The van der Waals surface area contributed by atoms with Crippen LogP contribution in [0.1, 0.15) is 41.5 Å². The van der Waals surface area contributed by atoms with Crippen LogP contribution >= 0.6 is 0 Å². The van der Waals surface area contributed by atoms with Gasteiger partial charge in [0.05, 0.1) is 0 Å². The van der Waals surface area contributed by atoms with Gasteiger partial charge in [-0.05, 0) is 41.5 Å². The van der Waals surface area contributed by atoms with Crippen LogP contribution in [0.2, 0.25) is 0 Å². The van der Waals surface area contributed by atoms with E-state index in [2.05, 4.69) is 0 Å². The van der Waals surface area contributed by atoms with E-state index in [1.807, 2.05) is 39.5 Å². The van der Waals surface area contributed by atoms with Crippen LogP contribution < -0.4 is 0 Å². The molecule has 5 heteroatoms. The lowest BCUT2D eigenvalue weighted by molar-refractivity contribution is -0.0756. The minimum atomic E-state index is -0.490. The highest BCUT2D eigenvalue weighted by Gasteiger charge is 2.35. The van der Waals surface area contributed by atoms with Gasteiger partial charge in [0, 0.05) is 25.2 Å². The second kappa shape index (κ2) is 5.45. The summed E-state index contributed by atoms with van der Waals surface area (Å²) < 4.78 is 5.38. The van der Waals surface area contributed by atoms with Crippen molar-refractivity contribution in [3.8, 4) is 0 Å². The van der Waals surface area contributed by atoms with Crippen LogP contribution in [-0.4, -0.2) is 58.0 Å². The van der Waals surface area contributed by atoms with Gasteiger partial charge in [-0.25, -0.2) is 4.79 Å². The first-order valence-corrected chi connectivity index (χ1v) is 6.55. The molecule has 0 bridgehead atoms. The number of aliphatic hydroxyl groups excluding tert-OH is 1. The smallest absolute Gasteiger partial charge is 0.410 e. The number of hydrogen-bond donors (Lipinski definition) is 1. The molecule has 0 radical (unpaired) electrons. The minimum absolute atomic E-state index is 0.126. The maximum absolute atomic E-state index is 12.0. The first kappa shape index (κ1) is 15.2. The largest absolute Gasteiger partial charge is 0.444 e. The maximum Gasteiger partial charge on any atom is 0.410 e. The summed E-state index contributed by atoms with van der Waals surface area (Å²) >= 11 is 0. The molecule has 0 aromatic carbocycles. The molecule has 0 aliphatic carbocycles. The maximum atomic E-state index is 12.0. The van der Waals surface area contributed by atoms with E-state index >= 15 is 0 Å². The van der Waals surface area contributed by atoms with Gasteiger partial charge in [-0.3, -0.25) is 4.90 Å². The van der Waals surface area contributed by atoms with Crippen LogP contribution in [0.25, 0.3) is 0 Å². The average Bonchev–Trinajstić information content (AvgIpc) is 2.12. The van der Waals surface area contributed by atoms with E-state index in [1.54, 1.807) is 11.8 Å². The highest BCUT2D eigenvalue weighted by Crippen LogP contribution is 2.20. The fourth-order valence-corrected chi connectivity index (χ4v) is 2.55. The lowest BCUT2D eigenvalue weighted by Crippen LogP contribution is -2.60. The summed E-state index contributed by atoms with van der Waals surface area (Å²) in [4.78, 5) is 15.7. The molecule has 1 saturated heterocycles. The summed E-state index contributed by atoms with van der Waals surface area (Å²) in [5, 5.41) is 9.72. The van der Waals surface area contributed by atoms with Gasteiger partial charge in [0.1, 0.15) is 11.8 Å². The Morgan fingerprint density at radius 2 is 1.72 bits per heavy atom. The Morgan fingerprint density at radius 3 is 2.06 bits per heavy atom. The molecule has 1 N–H and O–H groups in total. The summed E-state index contributed by atoms with van der Waals surface area (Å²) in [6.45, 7) is 12.6. The molecule has 1 fully saturated rings. The van der Waals surface area contributed by atoms with Crippen molar-refractivity contribution >= 4 is 6.09 Å². The van der Waals surface area contributed by atoms with Crippen molar-refractivity contribution in [2.75, 3.05) is 13.1 Å². The summed E-state index contributed by atoms with van der Waals surface area (Å²) in [6.07, 6.45) is -0.762. The molecule has 0 spiro atoms. The standard InChI is InChI=1S/C13H26N2O3/c1-9-7-14(12(17)18-13(4,5)6)8-10(2)15(9)11(3)16/h9-11,16H,7-8H2,1-6H3/t9-,10-,11?/m0/s1. The first-order valence-electron chi connectivity index (χ1n) is 6.55.